The lowest BCUT2D eigenvalue weighted by atomic mass is 9.51. The van der Waals surface area contributed by atoms with Gasteiger partial charge >= 0.3 is 0 Å². The molecule has 3 fully saturated rings. The highest BCUT2D eigenvalue weighted by Gasteiger charge is 2.66. The van der Waals surface area contributed by atoms with Crippen molar-refractivity contribution in [3.8, 4) is 6.07 Å². The van der Waals surface area contributed by atoms with E-state index < -0.39 is 0 Å². The molecule has 0 aromatic rings. The molecule has 0 bridgehead atoms. The second-order valence-corrected chi connectivity index (χ2v) is 4.60. The molecular weight excluding hydrogens is 164 g/mol. The van der Waals surface area contributed by atoms with E-state index in [1.54, 1.807) is 0 Å². The molecule has 5 atom stereocenters. The molecule has 3 aliphatic rings. The van der Waals surface area contributed by atoms with Gasteiger partial charge in [-0.25, -0.2) is 0 Å². The molecule has 0 aromatic carbocycles. The molecule has 3 nitrogen and oxygen atoms in total. The van der Waals surface area contributed by atoms with E-state index in [2.05, 4.69) is 18.0 Å². The van der Waals surface area contributed by atoms with Gasteiger partial charge in [0.15, 0.2) is 0 Å². The lowest BCUT2D eigenvalue weighted by Crippen LogP contribution is -2.64. The van der Waals surface area contributed by atoms with E-state index in [0.29, 0.717) is 12.1 Å². The third-order valence-electron chi connectivity index (χ3n) is 4.14. The lowest BCUT2D eigenvalue weighted by Gasteiger charge is -2.58. The van der Waals surface area contributed by atoms with Crippen molar-refractivity contribution >= 4 is 0 Å². The third kappa shape index (κ3) is 0.806. The molecule has 0 N–H and O–H groups in total. The van der Waals surface area contributed by atoms with Gasteiger partial charge in [0, 0.05) is 12.6 Å². The Balaban J connectivity index is 1.69. The Hall–Kier alpha value is -0.590. The monoisotopic (exact) mass is 178 g/mol. The number of nitrogens with zero attached hydrogens (tertiary/aromatic N) is 2. The van der Waals surface area contributed by atoms with Crippen LogP contribution in [0.3, 0.4) is 0 Å². The zero-order valence-electron chi connectivity index (χ0n) is 7.81. The minimum Gasteiger partial charge on any atom is -0.361 e. The Morgan fingerprint density at radius 1 is 1.62 bits per heavy atom. The van der Waals surface area contributed by atoms with Crippen LogP contribution < -0.4 is 0 Å². The van der Waals surface area contributed by atoms with Crippen LogP contribution >= 0.6 is 0 Å². The highest BCUT2D eigenvalue weighted by atomic mass is 16.5. The number of nitriles is 1. The van der Waals surface area contributed by atoms with Crippen LogP contribution in [0.5, 0.6) is 0 Å². The Morgan fingerprint density at radius 2 is 2.46 bits per heavy atom. The largest absolute Gasteiger partial charge is 0.361 e. The van der Waals surface area contributed by atoms with Gasteiger partial charge in [0.2, 0.25) is 0 Å². The van der Waals surface area contributed by atoms with Crippen LogP contribution in [0, 0.1) is 29.1 Å². The molecule has 1 heterocycles. The van der Waals surface area contributed by atoms with Crippen LogP contribution in [0.2, 0.25) is 0 Å². The number of hydrogen-bond acceptors (Lipinski definition) is 3. The summed E-state index contributed by atoms with van der Waals surface area (Å²) in [6.07, 6.45) is 1.70. The zero-order valence-corrected chi connectivity index (χ0v) is 7.81. The van der Waals surface area contributed by atoms with E-state index in [9.17, 15) is 0 Å². The van der Waals surface area contributed by atoms with E-state index in [-0.39, 0.29) is 6.61 Å². The molecule has 2 aliphatic carbocycles. The molecule has 3 rings (SSSR count). The Labute approximate surface area is 78.3 Å². The predicted molar refractivity (Wildman–Crippen MR) is 46.9 cm³/mol. The van der Waals surface area contributed by atoms with Crippen molar-refractivity contribution in [3.05, 3.63) is 0 Å². The maximum Gasteiger partial charge on any atom is 0.134 e. The first kappa shape index (κ1) is 7.78. The molecule has 1 saturated heterocycles. The van der Waals surface area contributed by atoms with E-state index >= 15 is 0 Å². The van der Waals surface area contributed by atoms with Crippen LogP contribution in [0.1, 0.15) is 6.42 Å². The van der Waals surface area contributed by atoms with Crippen molar-refractivity contribution in [2.75, 3.05) is 20.2 Å². The maximum atomic E-state index is 8.45. The first-order valence-electron chi connectivity index (χ1n) is 5.01. The summed E-state index contributed by atoms with van der Waals surface area (Å²) in [5.74, 6) is 2.64. The highest BCUT2D eigenvalue weighted by molar-refractivity contribution is 5.17. The smallest absolute Gasteiger partial charge is 0.134 e. The summed E-state index contributed by atoms with van der Waals surface area (Å²) >= 11 is 0. The molecule has 2 saturated carbocycles. The Kier molecular flexibility index (Phi) is 1.47. The minimum absolute atomic E-state index is 0.267. The molecule has 70 valence electrons. The van der Waals surface area contributed by atoms with Gasteiger partial charge < -0.3 is 9.64 Å². The molecule has 0 spiro atoms. The number of hydrogen-bond donors (Lipinski definition) is 0. The second kappa shape index (κ2) is 2.46. The minimum atomic E-state index is 0.267. The van der Waals surface area contributed by atoms with Gasteiger partial charge in [-0.05, 0) is 31.2 Å². The van der Waals surface area contributed by atoms with Crippen molar-refractivity contribution in [2.24, 2.45) is 17.8 Å². The number of likely N-dealkylation sites (N-methyl/N-ethyl adjacent to an activating group) is 1. The summed E-state index contributed by atoms with van der Waals surface area (Å²) in [6.45, 7) is 1.52. The maximum absolute atomic E-state index is 8.45. The standard InChI is InChI=1S/C10H14N2O/c1-12-5-6-4-7-8(6)9(12)10(7)13-3-2-11/h6-10H,3-5H2,1H3. The molecule has 3 heteroatoms. The molecule has 0 amide bonds. The van der Waals surface area contributed by atoms with Gasteiger partial charge in [-0.1, -0.05) is 0 Å². The molecule has 1 aliphatic heterocycles. The summed E-state index contributed by atoms with van der Waals surface area (Å²) in [5, 5.41) is 8.45. The van der Waals surface area contributed by atoms with Gasteiger partial charge in [0.25, 0.3) is 0 Å². The van der Waals surface area contributed by atoms with Crippen molar-refractivity contribution in [1.29, 1.82) is 5.26 Å². The number of rotatable bonds is 2. The summed E-state index contributed by atoms with van der Waals surface area (Å²) in [4.78, 5) is 2.42. The summed E-state index contributed by atoms with van der Waals surface area (Å²) in [7, 11) is 2.18. The van der Waals surface area contributed by atoms with E-state index in [0.717, 1.165) is 17.8 Å². The summed E-state index contributed by atoms with van der Waals surface area (Å²) in [5.41, 5.74) is 0. The molecule has 0 radical (unpaired) electrons. The lowest BCUT2D eigenvalue weighted by molar-refractivity contribution is -0.169. The Bertz CT molecular complexity index is 273. The number of likely N-dealkylation sites (tertiary alicyclic amines) is 1. The molecule has 0 aromatic heterocycles. The topological polar surface area (TPSA) is 36.3 Å². The Morgan fingerprint density at radius 3 is 3.23 bits per heavy atom. The predicted octanol–water partition coefficient (Wildman–Crippen LogP) is 0.475. The average Bonchev–Trinajstić information content (AvgIpc) is 2.21. The molecule has 13 heavy (non-hydrogen) atoms. The average molecular weight is 178 g/mol. The van der Waals surface area contributed by atoms with Crippen molar-refractivity contribution < 1.29 is 4.74 Å². The van der Waals surface area contributed by atoms with Crippen LogP contribution in [0.25, 0.3) is 0 Å². The van der Waals surface area contributed by atoms with Crippen molar-refractivity contribution in [3.63, 3.8) is 0 Å². The van der Waals surface area contributed by atoms with Crippen LogP contribution in [-0.2, 0) is 4.74 Å². The van der Waals surface area contributed by atoms with Gasteiger partial charge in [0.1, 0.15) is 6.61 Å². The van der Waals surface area contributed by atoms with E-state index in [1.807, 2.05) is 0 Å². The number of ether oxygens (including phenoxy) is 1. The van der Waals surface area contributed by atoms with E-state index in [1.165, 1.54) is 13.0 Å². The van der Waals surface area contributed by atoms with Crippen molar-refractivity contribution in [1.82, 2.24) is 4.90 Å². The van der Waals surface area contributed by atoms with Gasteiger partial charge in [-0.15, -0.1) is 0 Å². The highest BCUT2D eigenvalue weighted by Crippen LogP contribution is 2.61. The fourth-order valence-corrected chi connectivity index (χ4v) is 3.62. The first-order valence-corrected chi connectivity index (χ1v) is 5.01. The normalized spacial score (nSPS) is 51.8. The SMILES string of the molecule is CN1CC2CC3C(OCC#N)C1C23. The van der Waals surface area contributed by atoms with Crippen LogP contribution in [-0.4, -0.2) is 37.2 Å². The third-order valence-corrected chi connectivity index (χ3v) is 4.14. The van der Waals surface area contributed by atoms with E-state index in [4.69, 9.17) is 10.00 Å². The van der Waals surface area contributed by atoms with Crippen molar-refractivity contribution in [2.45, 2.75) is 18.6 Å². The fraction of sp³-hybridized carbons (Fsp3) is 0.900. The second-order valence-electron chi connectivity index (χ2n) is 4.60. The van der Waals surface area contributed by atoms with Gasteiger partial charge in [-0.3, -0.25) is 0 Å². The molecule has 5 unspecified atom stereocenters. The summed E-state index contributed by atoms with van der Waals surface area (Å²) < 4.78 is 5.56. The quantitative estimate of drug-likeness (QED) is 0.617. The zero-order chi connectivity index (χ0) is 9.00. The first-order chi connectivity index (χ1) is 6.33. The van der Waals surface area contributed by atoms with Crippen LogP contribution in [0.15, 0.2) is 0 Å². The molecular formula is C10H14N2O. The van der Waals surface area contributed by atoms with Gasteiger partial charge in [-0.2, -0.15) is 5.26 Å². The fourth-order valence-electron chi connectivity index (χ4n) is 3.62. The van der Waals surface area contributed by atoms with Crippen LogP contribution in [0.4, 0.5) is 0 Å². The summed E-state index contributed by atoms with van der Waals surface area (Å²) in [6, 6.07) is 2.69. The van der Waals surface area contributed by atoms with Gasteiger partial charge in [0.05, 0.1) is 12.2 Å².